The van der Waals surface area contributed by atoms with Crippen LogP contribution < -0.4 is 0 Å². The van der Waals surface area contributed by atoms with Crippen molar-refractivity contribution >= 4 is 13.6 Å². The van der Waals surface area contributed by atoms with Gasteiger partial charge in [0, 0.05) is 5.66 Å². The summed E-state index contributed by atoms with van der Waals surface area (Å²) in [6.07, 6.45) is 5.01. The second-order valence-electron chi connectivity index (χ2n) is 2.84. The lowest BCUT2D eigenvalue weighted by atomic mass is 10.5. The first kappa shape index (κ1) is 8.32. The minimum absolute atomic E-state index is 0.438. The molecular formula is C7H15O2P. The van der Waals surface area contributed by atoms with Gasteiger partial charge in [-0.25, -0.2) is 0 Å². The van der Waals surface area contributed by atoms with Crippen LogP contribution in [0.15, 0.2) is 0 Å². The fourth-order valence-electron chi connectivity index (χ4n) is 0.832. The molecule has 2 nitrogen and oxygen atoms in total. The predicted molar refractivity (Wildman–Crippen MR) is 45.7 cm³/mol. The molecule has 3 heteroatoms. The monoisotopic (exact) mass is 162 g/mol. The lowest BCUT2D eigenvalue weighted by molar-refractivity contribution is 0.175. The van der Waals surface area contributed by atoms with E-state index in [4.69, 9.17) is 9.05 Å². The number of rotatable bonds is 1. The van der Waals surface area contributed by atoms with Gasteiger partial charge in [0.15, 0.2) is 0 Å². The predicted octanol–water partition coefficient (Wildman–Crippen LogP) is 2.11. The molecule has 0 saturated carbocycles. The zero-order valence-corrected chi connectivity index (χ0v) is 7.56. The second-order valence-corrected chi connectivity index (χ2v) is 5.84. The largest absolute Gasteiger partial charge is 0.337 e. The molecule has 1 fully saturated rings. The Hall–Kier alpha value is 0.220. The van der Waals surface area contributed by atoms with E-state index in [1.165, 1.54) is 0 Å². The van der Waals surface area contributed by atoms with Gasteiger partial charge in [-0.2, -0.15) is 0 Å². The van der Waals surface area contributed by atoms with E-state index in [0.29, 0.717) is 5.66 Å². The third-order valence-corrected chi connectivity index (χ3v) is 4.51. The molecule has 0 unspecified atom stereocenters. The topological polar surface area (TPSA) is 18.5 Å². The Morgan fingerprint density at radius 2 is 1.80 bits per heavy atom. The first-order chi connectivity index (χ1) is 4.65. The van der Waals surface area contributed by atoms with E-state index in [-0.39, 0.29) is 0 Å². The van der Waals surface area contributed by atoms with Crippen LogP contribution in [0.3, 0.4) is 0 Å². The van der Waals surface area contributed by atoms with Gasteiger partial charge < -0.3 is 9.05 Å². The molecule has 0 aromatic carbocycles. The van der Waals surface area contributed by atoms with Gasteiger partial charge in [-0.05, 0) is 6.42 Å². The molecule has 0 N–H and O–H groups in total. The average molecular weight is 162 g/mol. The maximum Gasteiger partial charge on any atom is 0.119 e. The fourth-order valence-corrected chi connectivity index (χ4v) is 2.38. The molecule has 10 heavy (non-hydrogen) atoms. The number of hydrogen-bond acceptors (Lipinski definition) is 2. The van der Waals surface area contributed by atoms with Crippen molar-refractivity contribution in [3.05, 3.63) is 0 Å². The first-order valence-electron chi connectivity index (χ1n) is 3.67. The quantitative estimate of drug-likeness (QED) is 0.550. The van der Waals surface area contributed by atoms with Crippen LogP contribution in [0.1, 0.15) is 20.3 Å². The van der Waals surface area contributed by atoms with E-state index < -0.39 is 7.34 Å². The summed E-state index contributed by atoms with van der Waals surface area (Å²) in [7, 11) is -1.69. The Kier molecular flexibility index (Phi) is 2.56. The molecule has 0 aliphatic carbocycles. The molecule has 60 valence electrons. The van der Waals surface area contributed by atoms with Gasteiger partial charge in [0.2, 0.25) is 0 Å². The van der Waals surface area contributed by atoms with Crippen molar-refractivity contribution in [3.8, 4) is 0 Å². The summed E-state index contributed by atoms with van der Waals surface area (Å²) in [4.78, 5) is 0. The van der Waals surface area contributed by atoms with Gasteiger partial charge in [0.25, 0.3) is 0 Å². The molecular weight excluding hydrogens is 147 g/mol. The maximum absolute atomic E-state index is 5.50. The molecule has 0 radical (unpaired) electrons. The van der Waals surface area contributed by atoms with E-state index in [1.807, 2.05) is 0 Å². The minimum atomic E-state index is -1.69. The van der Waals surface area contributed by atoms with E-state index in [2.05, 4.69) is 20.1 Å². The smallest absolute Gasteiger partial charge is 0.119 e. The highest BCUT2D eigenvalue weighted by atomic mass is 31.2. The summed E-state index contributed by atoms with van der Waals surface area (Å²) >= 11 is 0. The van der Waals surface area contributed by atoms with E-state index in [1.54, 1.807) is 0 Å². The first-order valence-corrected chi connectivity index (χ1v) is 5.55. The normalized spacial score (nSPS) is 25.1. The third-order valence-electron chi connectivity index (χ3n) is 1.70. The Balaban J connectivity index is 2.57. The molecule has 0 amide bonds. The lowest BCUT2D eigenvalue weighted by Crippen LogP contribution is -2.14. The molecule has 1 heterocycles. The summed E-state index contributed by atoms with van der Waals surface area (Å²) in [5, 5.41) is 0. The molecule has 1 rings (SSSR count). The van der Waals surface area contributed by atoms with Crippen LogP contribution in [0.4, 0.5) is 0 Å². The minimum Gasteiger partial charge on any atom is -0.337 e. The fraction of sp³-hybridized carbons (Fsp3) is 0.857. The average Bonchev–Trinajstić information content (AvgIpc) is 1.89. The summed E-state index contributed by atoms with van der Waals surface area (Å²) < 4.78 is 11.0. The summed E-state index contributed by atoms with van der Waals surface area (Å²) in [6.45, 7) is 5.86. The van der Waals surface area contributed by atoms with Gasteiger partial charge in [-0.3, -0.25) is 0 Å². The van der Waals surface area contributed by atoms with E-state index in [9.17, 15) is 0 Å². The molecule has 1 aliphatic rings. The van der Waals surface area contributed by atoms with Gasteiger partial charge in [-0.15, -0.1) is 0 Å². The Bertz CT molecular complexity index is 144. The van der Waals surface area contributed by atoms with Crippen molar-refractivity contribution in [1.29, 1.82) is 0 Å². The van der Waals surface area contributed by atoms with Gasteiger partial charge >= 0.3 is 0 Å². The SMILES string of the molecule is C=P1(C(C)C)OCCCO1. The van der Waals surface area contributed by atoms with E-state index >= 15 is 0 Å². The van der Waals surface area contributed by atoms with Crippen molar-refractivity contribution in [2.24, 2.45) is 0 Å². The highest BCUT2D eigenvalue weighted by Gasteiger charge is 2.23. The second kappa shape index (κ2) is 3.08. The lowest BCUT2D eigenvalue weighted by Gasteiger charge is -2.31. The van der Waals surface area contributed by atoms with E-state index in [0.717, 1.165) is 19.6 Å². The standard InChI is InChI=1S/C7H15O2P/c1-7(2)10(3)8-5-4-6-9-10/h7H,3-6H2,1-2H3. The highest BCUT2D eigenvalue weighted by molar-refractivity contribution is 7.65. The van der Waals surface area contributed by atoms with Crippen LogP contribution in [-0.4, -0.2) is 25.2 Å². The van der Waals surface area contributed by atoms with Crippen molar-refractivity contribution in [1.82, 2.24) is 0 Å². The molecule has 0 aromatic rings. The molecule has 1 saturated heterocycles. The van der Waals surface area contributed by atoms with Crippen LogP contribution >= 0.6 is 7.34 Å². The van der Waals surface area contributed by atoms with Crippen molar-refractivity contribution in [3.63, 3.8) is 0 Å². The zero-order chi connectivity index (χ0) is 7.61. The Labute approximate surface area is 62.7 Å². The molecule has 0 bridgehead atoms. The molecule has 1 aliphatic heterocycles. The molecule has 0 atom stereocenters. The van der Waals surface area contributed by atoms with Crippen molar-refractivity contribution < 1.29 is 9.05 Å². The summed E-state index contributed by atoms with van der Waals surface area (Å²) in [5.74, 6) is 0. The number of hydrogen-bond donors (Lipinski definition) is 0. The Morgan fingerprint density at radius 3 is 2.10 bits per heavy atom. The maximum atomic E-state index is 5.50. The van der Waals surface area contributed by atoms with Crippen molar-refractivity contribution in [2.75, 3.05) is 13.2 Å². The van der Waals surface area contributed by atoms with Crippen molar-refractivity contribution in [2.45, 2.75) is 25.9 Å². The van der Waals surface area contributed by atoms with Crippen LogP contribution in [0, 0.1) is 0 Å². The zero-order valence-electron chi connectivity index (χ0n) is 6.67. The summed E-state index contributed by atoms with van der Waals surface area (Å²) in [5.41, 5.74) is 0.438. The van der Waals surface area contributed by atoms with Crippen LogP contribution in [0.5, 0.6) is 0 Å². The van der Waals surface area contributed by atoms with Crippen LogP contribution in [0.2, 0.25) is 0 Å². The summed E-state index contributed by atoms with van der Waals surface area (Å²) in [6, 6.07) is 0. The molecule has 0 spiro atoms. The van der Waals surface area contributed by atoms with Crippen LogP contribution in [0.25, 0.3) is 0 Å². The third kappa shape index (κ3) is 1.63. The Morgan fingerprint density at radius 1 is 1.30 bits per heavy atom. The van der Waals surface area contributed by atoms with Gasteiger partial charge in [0.05, 0.1) is 13.2 Å². The van der Waals surface area contributed by atoms with Crippen LogP contribution in [-0.2, 0) is 9.05 Å². The van der Waals surface area contributed by atoms with Gasteiger partial charge in [-0.1, -0.05) is 20.1 Å². The van der Waals surface area contributed by atoms with Gasteiger partial charge in [0.1, 0.15) is 7.34 Å². The highest BCUT2D eigenvalue weighted by Crippen LogP contribution is 2.54. The molecule has 0 aromatic heterocycles.